The Bertz CT molecular complexity index is 315. The van der Waals surface area contributed by atoms with Gasteiger partial charge in [0.05, 0.1) is 12.5 Å². The number of hydrogen-bond donors (Lipinski definition) is 2. The van der Waals surface area contributed by atoms with Gasteiger partial charge in [-0.15, -0.1) is 0 Å². The predicted molar refractivity (Wildman–Crippen MR) is 53.8 cm³/mol. The first-order valence-corrected chi connectivity index (χ1v) is 4.68. The zero-order valence-corrected chi connectivity index (χ0v) is 9.10. The molecule has 0 heterocycles. The van der Waals surface area contributed by atoms with Crippen molar-refractivity contribution in [3.8, 4) is 0 Å². The Morgan fingerprint density at radius 1 is 1.25 bits per heavy atom. The molecule has 6 heteroatoms. The van der Waals surface area contributed by atoms with Crippen molar-refractivity contribution in [3.63, 3.8) is 0 Å². The van der Waals surface area contributed by atoms with Gasteiger partial charge in [0.25, 0.3) is 0 Å². The molecule has 0 spiro atoms. The monoisotopic (exact) mass is 230 g/mol. The first kappa shape index (κ1) is 14.2. The van der Waals surface area contributed by atoms with Crippen molar-refractivity contribution in [1.82, 2.24) is 0 Å². The van der Waals surface area contributed by atoms with E-state index in [-0.39, 0.29) is 24.5 Å². The summed E-state index contributed by atoms with van der Waals surface area (Å²) in [6.07, 6.45) is 0.464. The number of esters is 1. The summed E-state index contributed by atoms with van der Waals surface area (Å²) < 4.78 is 4.73. The molecule has 0 saturated heterocycles. The van der Waals surface area contributed by atoms with Crippen LogP contribution in [0.1, 0.15) is 20.3 Å². The van der Waals surface area contributed by atoms with E-state index in [9.17, 15) is 14.4 Å². The fourth-order valence-corrected chi connectivity index (χ4v) is 0.818. The molecular weight excluding hydrogens is 216 g/mol. The standard InChI is InChI=1S/C10H14O6/c1-6(2)10(15)16-4-3-7(9(13)14)5-8(11)12/h5-6H,3-4H2,1-2H3,(H,11,12)(H,13,14)/b7-5+. The maximum absolute atomic E-state index is 11.0. The Hall–Kier alpha value is -1.85. The summed E-state index contributed by atoms with van der Waals surface area (Å²) in [6, 6.07) is 0. The number of carbonyl (C=O) groups is 3. The fourth-order valence-electron chi connectivity index (χ4n) is 0.818. The third kappa shape index (κ3) is 5.79. The maximum Gasteiger partial charge on any atom is 0.331 e. The predicted octanol–water partition coefficient (Wildman–Crippen LogP) is 0.671. The van der Waals surface area contributed by atoms with Gasteiger partial charge in [0, 0.05) is 18.1 Å². The lowest BCUT2D eigenvalue weighted by Gasteiger charge is -2.06. The van der Waals surface area contributed by atoms with Crippen LogP contribution in [0.2, 0.25) is 0 Å². The molecule has 2 N–H and O–H groups in total. The SMILES string of the molecule is CC(C)C(=O)OCC/C(=C\C(=O)O)C(=O)O. The molecule has 0 unspecified atom stereocenters. The molecule has 16 heavy (non-hydrogen) atoms. The van der Waals surface area contributed by atoms with Gasteiger partial charge in [-0.3, -0.25) is 4.79 Å². The quantitative estimate of drug-likeness (QED) is 0.513. The minimum absolute atomic E-state index is 0.125. The third-order valence-electron chi connectivity index (χ3n) is 1.66. The highest BCUT2D eigenvalue weighted by atomic mass is 16.5. The Balaban J connectivity index is 4.20. The summed E-state index contributed by atoms with van der Waals surface area (Å²) in [6.45, 7) is 3.16. The van der Waals surface area contributed by atoms with E-state index in [0.717, 1.165) is 0 Å². The van der Waals surface area contributed by atoms with Gasteiger partial charge in [-0.05, 0) is 0 Å². The van der Waals surface area contributed by atoms with Crippen molar-refractivity contribution in [3.05, 3.63) is 11.6 Å². The number of hydrogen-bond acceptors (Lipinski definition) is 4. The smallest absolute Gasteiger partial charge is 0.331 e. The van der Waals surface area contributed by atoms with Crippen LogP contribution in [0.15, 0.2) is 11.6 Å². The highest BCUT2D eigenvalue weighted by Gasteiger charge is 2.12. The molecule has 0 aromatic carbocycles. The third-order valence-corrected chi connectivity index (χ3v) is 1.66. The second-order valence-electron chi connectivity index (χ2n) is 3.39. The average molecular weight is 230 g/mol. The second kappa shape index (κ2) is 6.60. The molecule has 6 nitrogen and oxygen atoms in total. The Kier molecular flexibility index (Phi) is 5.84. The van der Waals surface area contributed by atoms with E-state index in [4.69, 9.17) is 14.9 Å². The second-order valence-corrected chi connectivity index (χ2v) is 3.39. The highest BCUT2D eigenvalue weighted by Crippen LogP contribution is 2.04. The number of ether oxygens (including phenoxy) is 1. The zero-order valence-electron chi connectivity index (χ0n) is 9.10. The van der Waals surface area contributed by atoms with E-state index in [1.807, 2.05) is 0 Å². The largest absolute Gasteiger partial charge is 0.478 e. The molecule has 0 aliphatic carbocycles. The van der Waals surface area contributed by atoms with Gasteiger partial charge in [-0.25, -0.2) is 9.59 Å². The van der Waals surface area contributed by atoms with Crippen LogP contribution in [0.3, 0.4) is 0 Å². The van der Waals surface area contributed by atoms with Gasteiger partial charge < -0.3 is 14.9 Å². The number of rotatable bonds is 6. The van der Waals surface area contributed by atoms with Crippen molar-refractivity contribution in [1.29, 1.82) is 0 Å². The van der Waals surface area contributed by atoms with E-state index in [1.165, 1.54) is 0 Å². The Morgan fingerprint density at radius 3 is 2.19 bits per heavy atom. The average Bonchev–Trinajstić information content (AvgIpc) is 2.14. The van der Waals surface area contributed by atoms with E-state index in [2.05, 4.69) is 0 Å². The molecule has 0 atom stereocenters. The van der Waals surface area contributed by atoms with Crippen molar-refractivity contribution in [2.75, 3.05) is 6.61 Å². The summed E-state index contributed by atoms with van der Waals surface area (Å²) in [5.74, 6) is -3.41. The molecule has 0 aromatic heterocycles. The van der Waals surface area contributed by atoms with Crippen LogP contribution in [0.5, 0.6) is 0 Å². The van der Waals surface area contributed by atoms with Crippen LogP contribution in [-0.2, 0) is 19.1 Å². The van der Waals surface area contributed by atoms with Gasteiger partial charge in [0.2, 0.25) is 0 Å². The van der Waals surface area contributed by atoms with E-state index in [1.54, 1.807) is 13.8 Å². The van der Waals surface area contributed by atoms with Gasteiger partial charge in [0.1, 0.15) is 0 Å². The number of carbonyl (C=O) groups excluding carboxylic acids is 1. The molecule has 90 valence electrons. The summed E-state index contributed by atoms with van der Waals surface area (Å²) >= 11 is 0. The molecule has 0 aliphatic heterocycles. The normalized spacial score (nSPS) is 11.3. The van der Waals surface area contributed by atoms with Crippen LogP contribution in [-0.4, -0.2) is 34.7 Å². The number of carboxylic acids is 2. The Morgan fingerprint density at radius 2 is 1.81 bits per heavy atom. The first-order chi connectivity index (χ1) is 7.34. The minimum atomic E-state index is -1.34. The molecule has 0 aliphatic rings. The lowest BCUT2D eigenvalue weighted by Crippen LogP contribution is -2.14. The van der Waals surface area contributed by atoms with Crippen molar-refractivity contribution in [2.45, 2.75) is 20.3 Å². The van der Waals surface area contributed by atoms with Crippen molar-refractivity contribution >= 4 is 17.9 Å². The number of carboxylic acid groups (broad SMARTS) is 2. The van der Waals surface area contributed by atoms with Crippen LogP contribution in [0.25, 0.3) is 0 Å². The number of aliphatic carboxylic acids is 2. The van der Waals surface area contributed by atoms with E-state index >= 15 is 0 Å². The van der Waals surface area contributed by atoms with Crippen molar-refractivity contribution in [2.24, 2.45) is 5.92 Å². The van der Waals surface area contributed by atoms with Crippen LogP contribution in [0, 0.1) is 5.92 Å². The maximum atomic E-state index is 11.0. The molecule has 0 saturated carbocycles. The van der Waals surface area contributed by atoms with Gasteiger partial charge in [-0.2, -0.15) is 0 Å². The topological polar surface area (TPSA) is 101 Å². The van der Waals surface area contributed by atoms with Crippen molar-refractivity contribution < 1.29 is 29.3 Å². The highest BCUT2D eigenvalue weighted by molar-refractivity contribution is 5.94. The van der Waals surface area contributed by atoms with Crippen LogP contribution < -0.4 is 0 Å². The van der Waals surface area contributed by atoms with E-state index < -0.39 is 17.9 Å². The van der Waals surface area contributed by atoms with Gasteiger partial charge >= 0.3 is 17.9 Å². The lowest BCUT2D eigenvalue weighted by atomic mass is 10.2. The fraction of sp³-hybridized carbons (Fsp3) is 0.500. The van der Waals surface area contributed by atoms with Gasteiger partial charge in [0.15, 0.2) is 0 Å². The first-order valence-electron chi connectivity index (χ1n) is 4.68. The summed E-state index contributed by atoms with van der Waals surface area (Å²) in [4.78, 5) is 31.9. The summed E-state index contributed by atoms with van der Waals surface area (Å²) in [5, 5.41) is 17.0. The molecule has 0 rings (SSSR count). The summed E-state index contributed by atoms with van der Waals surface area (Å²) in [5.41, 5.74) is -0.302. The minimum Gasteiger partial charge on any atom is -0.478 e. The molecular formula is C10H14O6. The lowest BCUT2D eigenvalue weighted by molar-refractivity contribution is -0.147. The molecule has 0 fully saturated rings. The Labute approximate surface area is 92.5 Å². The molecule has 0 aromatic rings. The molecule has 0 bridgehead atoms. The molecule has 0 radical (unpaired) electrons. The van der Waals surface area contributed by atoms with Crippen LogP contribution in [0.4, 0.5) is 0 Å². The molecule has 0 amide bonds. The zero-order chi connectivity index (χ0) is 12.7. The van der Waals surface area contributed by atoms with Crippen LogP contribution >= 0.6 is 0 Å². The van der Waals surface area contributed by atoms with E-state index in [0.29, 0.717) is 6.08 Å². The van der Waals surface area contributed by atoms with Gasteiger partial charge in [-0.1, -0.05) is 13.8 Å². The summed E-state index contributed by atoms with van der Waals surface area (Å²) in [7, 11) is 0.